The molecule has 5 heteroatoms. The Morgan fingerprint density at radius 2 is 2.14 bits per heavy atom. The summed E-state index contributed by atoms with van der Waals surface area (Å²) in [7, 11) is 1.63. The van der Waals surface area contributed by atoms with Crippen LogP contribution in [0.15, 0.2) is 24.3 Å². The zero-order valence-corrected chi connectivity index (χ0v) is 12.8. The number of aliphatic hydroxyl groups is 1. The molecule has 1 heterocycles. The number of pyridine rings is 1. The third-order valence-corrected chi connectivity index (χ3v) is 3.47. The summed E-state index contributed by atoms with van der Waals surface area (Å²) in [6.07, 6.45) is 0.570. The Balaban J connectivity index is 2.23. The van der Waals surface area contributed by atoms with E-state index >= 15 is 0 Å². The van der Waals surface area contributed by atoms with E-state index in [9.17, 15) is 5.11 Å². The molecule has 0 bridgehead atoms. The average Bonchev–Trinajstić information content (AvgIpc) is 2.43. The first-order valence-electron chi connectivity index (χ1n) is 7.03. The fourth-order valence-corrected chi connectivity index (χ4v) is 2.22. The largest absolute Gasteiger partial charge is 0.399 e. The van der Waals surface area contributed by atoms with Crippen LogP contribution in [-0.2, 0) is 4.74 Å². The number of nitrogens with two attached hydrogens (primary N) is 1. The van der Waals surface area contributed by atoms with E-state index in [2.05, 4.69) is 10.3 Å². The van der Waals surface area contributed by atoms with Gasteiger partial charge >= 0.3 is 0 Å². The summed E-state index contributed by atoms with van der Waals surface area (Å²) in [5.74, 6) is 0. The zero-order valence-electron chi connectivity index (χ0n) is 12.8. The maximum absolute atomic E-state index is 10.3. The molecular weight excluding hydrogens is 266 g/mol. The molecule has 1 aromatic carbocycles. The van der Waals surface area contributed by atoms with Crippen LogP contribution in [0.1, 0.15) is 19.0 Å². The van der Waals surface area contributed by atoms with Gasteiger partial charge in [0.25, 0.3) is 0 Å². The molecule has 0 radical (unpaired) electrons. The molecule has 1 atom stereocenters. The van der Waals surface area contributed by atoms with E-state index in [4.69, 9.17) is 10.5 Å². The molecule has 1 aromatic heterocycles. The van der Waals surface area contributed by atoms with Gasteiger partial charge in [0, 0.05) is 49.1 Å². The number of rotatable bonds is 6. The van der Waals surface area contributed by atoms with Gasteiger partial charge in [0.1, 0.15) is 0 Å². The third-order valence-electron chi connectivity index (χ3n) is 3.47. The predicted octanol–water partition coefficient (Wildman–Crippen LogP) is 2.32. The number of anilines is 2. The van der Waals surface area contributed by atoms with Gasteiger partial charge in [-0.1, -0.05) is 0 Å². The summed E-state index contributed by atoms with van der Waals surface area (Å²) >= 11 is 0. The average molecular weight is 289 g/mol. The maximum Gasteiger partial charge on any atom is 0.0813 e. The Morgan fingerprint density at radius 3 is 2.86 bits per heavy atom. The fraction of sp³-hybridized carbons (Fsp3) is 0.438. The lowest BCUT2D eigenvalue weighted by Gasteiger charge is -2.24. The van der Waals surface area contributed by atoms with Gasteiger partial charge < -0.3 is 20.9 Å². The van der Waals surface area contributed by atoms with Crippen LogP contribution in [0.2, 0.25) is 0 Å². The Bertz CT molecular complexity index is 626. The van der Waals surface area contributed by atoms with Gasteiger partial charge in [0.05, 0.1) is 11.1 Å². The van der Waals surface area contributed by atoms with Crippen LogP contribution in [0.3, 0.4) is 0 Å². The van der Waals surface area contributed by atoms with Crippen LogP contribution in [0.5, 0.6) is 0 Å². The molecule has 2 rings (SSSR count). The molecule has 4 N–H and O–H groups in total. The molecule has 21 heavy (non-hydrogen) atoms. The van der Waals surface area contributed by atoms with Crippen molar-refractivity contribution < 1.29 is 9.84 Å². The second-order valence-electron chi connectivity index (χ2n) is 5.68. The van der Waals surface area contributed by atoms with Crippen LogP contribution >= 0.6 is 0 Å². The van der Waals surface area contributed by atoms with E-state index in [-0.39, 0.29) is 0 Å². The summed E-state index contributed by atoms with van der Waals surface area (Å²) in [5.41, 5.74) is 8.47. The van der Waals surface area contributed by atoms with E-state index in [0.29, 0.717) is 25.3 Å². The van der Waals surface area contributed by atoms with E-state index in [1.807, 2.05) is 31.2 Å². The zero-order chi connectivity index (χ0) is 15.5. The fourth-order valence-electron chi connectivity index (χ4n) is 2.22. The van der Waals surface area contributed by atoms with Crippen LogP contribution in [-0.4, -0.2) is 36.0 Å². The molecule has 2 aromatic rings. The van der Waals surface area contributed by atoms with Crippen LogP contribution in [0.25, 0.3) is 10.9 Å². The number of nitrogen functional groups attached to an aromatic ring is 1. The van der Waals surface area contributed by atoms with E-state index in [1.165, 1.54) is 0 Å². The highest BCUT2D eigenvalue weighted by atomic mass is 16.5. The predicted molar refractivity (Wildman–Crippen MR) is 86.5 cm³/mol. The van der Waals surface area contributed by atoms with Crippen molar-refractivity contribution in [3.05, 3.63) is 30.0 Å². The third kappa shape index (κ3) is 4.06. The first-order valence-corrected chi connectivity index (χ1v) is 7.03. The highest BCUT2D eigenvalue weighted by Gasteiger charge is 2.20. The molecule has 0 aliphatic heterocycles. The molecule has 0 fully saturated rings. The van der Waals surface area contributed by atoms with Gasteiger partial charge in [0.2, 0.25) is 0 Å². The number of methoxy groups -OCH3 is 1. The lowest BCUT2D eigenvalue weighted by Crippen LogP contribution is -2.34. The molecule has 0 amide bonds. The molecule has 1 unspecified atom stereocenters. The number of aromatic nitrogens is 1. The van der Waals surface area contributed by atoms with Crippen molar-refractivity contribution in [2.24, 2.45) is 0 Å². The first-order chi connectivity index (χ1) is 9.91. The number of hydrogen-bond acceptors (Lipinski definition) is 5. The topological polar surface area (TPSA) is 80.4 Å². The number of ether oxygens (including phenoxy) is 1. The second kappa shape index (κ2) is 6.28. The monoisotopic (exact) mass is 289 g/mol. The lowest BCUT2D eigenvalue weighted by molar-refractivity contribution is 0.0358. The Kier molecular flexibility index (Phi) is 4.65. The standard InChI is InChI=1S/C16H23N3O2/c1-11-8-15(18-10-16(2,20)6-7-21-3)13-9-12(17)4-5-14(13)19-11/h4-5,8-9,20H,6-7,10,17H2,1-3H3,(H,18,19). The quantitative estimate of drug-likeness (QED) is 0.711. The summed E-state index contributed by atoms with van der Waals surface area (Å²) in [5, 5.41) is 14.6. The molecule has 114 valence electrons. The van der Waals surface area contributed by atoms with Crippen LogP contribution < -0.4 is 11.1 Å². The molecule has 0 spiro atoms. The Labute approximate surface area is 125 Å². The minimum Gasteiger partial charge on any atom is -0.399 e. The molecular formula is C16H23N3O2. The van der Waals surface area contributed by atoms with Crippen LogP contribution in [0.4, 0.5) is 11.4 Å². The summed E-state index contributed by atoms with van der Waals surface area (Å²) in [6, 6.07) is 7.61. The van der Waals surface area contributed by atoms with Gasteiger partial charge in [0.15, 0.2) is 0 Å². The van der Waals surface area contributed by atoms with Gasteiger partial charge in [-0.3, -0.25) is 4.98 Å². The minimum absolute atomic E-state index is 0.434. The van der Waals surface area contributed by atoms with Gasteiger partial charge in [-0.2, -0.15) is 0 Å². The smallest absolute Gasteiger partial charge is 0.0813 e. The van der Waals surface area contributed by atoms with E-state index in [0.717, 1.165) is 22.3 Å². The highest BCUT2D eigenvalue weighted by molar-refractivity contribution is 5.93. The first kappa shape index (κ1) is 15.5. The number of benzene rings is 1. The summed E-state index contributed by atoms with van der Waals surface area (Å²) < 4.78 is 5.02. The van der Waals surface area contributed by atoms with Crippen molar-refractivity contribution in [2.45, 2.75) is 25.9 Å². The normalized spacial score (nSPS) is 14.1. The lowest BCUT2D eigenvalue weighted by atomic mass is 10.0. The van der Waals surface area contributed by atoms with E-state index in [1.54, 1.807) is 14.0 Å². The van der Waals surface area contributed by atoms with Crippen molar-refractivity contribution >= 4 is 22.3 Å². The number of nitrogens with one attached hydrogen (secondary N) is 1. The summed E-state index contributed by atoms with van der Waals surface area (Å²) in [6.45, 7) is 4.70. The van der Waals surface area contributed by atoms with Crippen molar-refractivity contribution in [1.82, 2.24) is 4.98 Å². The Morgan fingerprint density at radius 1 is 1.38 bits per heavy atom. The minimum atomic E-state index is -0.833. The maximum atomic E-state index is 10.3. The number of aryl methyl sites for hydroxylation is 1. The van der Waals surface area contributed by atoms with E-state index < -0.39 is 5.60 Å². The number of fused-ring (bicyclic) bond motifs is 1. The van der Waals surface area contributed by atoms with Gasteiger partial charge in [-0.25, -0.2) is 0 Å². The number of hydrogen-bond donors (Lipinski definition) is 3. The van der Waals surface area contributed by atoms with Gasteiger partial charge in [-0.15, -0.1) is 0 Å². The van der Waals surface area contributed by atoms with Crippen molar-refractivity contribution in [1.29, 1.82) is 0 Å². The second-order valence-corrected chi connectivity index (χ2v) is 5.68. The highest BCUT2D eigenvalue weighted by Crippen LogP contribution is 2.26. The molecule has 5 nitrogen and oxygen atoms in total. The number of nitrogens with zero attached hydrogens (tertiary/aromatic N) is 1. The van der Waals surface area contributed by atoms with Crippen molar-refractivity contribution in [3.8, 4) is 0 Å². The molecule has 0 saturated carbocycles. The van der Waals surface area contributed by atoms with Crippen molar-refractivity contribution in [3.63, 3.8) is 0 Å². The molecule has 0 saturated heterocycles. The molecule has 0 aliphatic carbocycles. The van der Waals surface area contributed by atoms with Gasteiger partial charge in [-0.05, 0) is 38.1 Å². The van der Waals surface area contributed by atoms with Crippen molar-refractivity contribution in [2.75, 3.05) is 31.3 Å². The van der Waals surface area contributed by atoms with Crippen LogP contribution in [0, 0.1) is 6.92 Å². The SMILES string of the molecule is COCCC(C)(O)CNc1cc(C)nc2ccc(N)cc12. The summed E-state index contributed by atoms with van der Waals surface area (Å²) in [4.78, 5) is 4.49. The Hall–Kier alpha value is -1.85. The molecule has 0 aliphatic rings.